The number of thiazole rings is 1. The van der Waals surface area contributed by atoms with Crippen molar-refractivity contribution in [2.24, 2.45) is 4.99 Å². The highest BCUT2D eigenvalue weighted by Crippen LogP contribution is 2.38. The Morgan fingerprint density at radius 1 is 1.07 bits per heavy atom. The van der Waals surface area contributed by atoms with Crippen LogP contribution in [0.4, 0.5) is 0 Å². The fourth-order valence-electron chi connectivity index (χ4n) is 4.84. The topological polar surface area (TPSA) is 112 Å². The standard InChI is InChI=1S/C32H25I2N3O6S/c1-4-42-31(39)26-27(19-8-6-5-7-9-19)36-32-37(28(26)20-10-11-23(40-2)24(17-20)41-3)30(38)25(44-32)16-18-14-21(33)29(22(34)15-18)43-13-12-35/h5-11,14-17,28H,4,13H2,1-3H3/b25-16-/t28-/m0/s1. The minimum Gasteiger partial charge on any atom is -0.493 e. The van der Waals surface area contributed by atoms with Gasteiger partial charge in [0.05, 0.1) is 49.8 Å². The highest BCUT2D eigenvalue weighted by atomic mass is 127. The lowest BCUT2D eigenvalue weighted by molar-refractivity contribution is -0.138. The van der Waals surface area contributed by atoms with Crippen LogP contribution in [0.5, 0.6) is 17.2 Å². The number of halogens is 2. The second-order valence-electron chi connectivity index (χ2n) is 9.31. The molecular weight excluding hydrogens is 808 g/mol. The van der Waals surface area contributed by atoms with Crippen LogP contribution in [0, 0.1) is 18.5 Å². The highest BCUT2D eigenvalue weighted by Gasteiger charge is 2.35. The van der Waals surface area contributed by atoms with Gasteiger partial charge in [0.2, 0.25) is 0 Å². The second-order valence-corrected chi connectivity index (χ2v) is 12.6. The summed E-state index contributed by atoms with van der Waals surface area (Å²) >= 11 is 5.54. The molecule has 1 aliphatic rings. The van der Waals surface area contributed by atoms with E-state index >= 15 is 0 Å². The smallest absolute Gasteiger partial charge is 0.338 e. The van der Waals surface area contributed by atoms with Gasteiger partial charge in [-0.1, -0.05) is 47.7 Å². The van der Waals surface area contributed by atoms with Crippen molar-refractivity contribution in [2.45, 2.75) is 13.0 Å². The molecule has 0 fully saturated rings. The number of aromatic nitrogens is 1. The van der Waals surface area contributed by atoms with Crippen LogP contribution >= 0.6 is 56.5 Å². The third kappa shape index (κ3) is 6.26. The Balaban J connectivity index is 1.79. The van der Waals surface area contributed by atoms with Gasteiger partial charge in [-0.3, -0.25) is 9.36 Å². The van der Waals surface area contributed by atoms with Gasteiger partial charge < -0.3 is 18.9 Å². The van der Waals surface area contributed by atoms with Gasteiger partial charge >= 0.3 is 5.97 Å². The van der Waals surface area contributed by atoms with Crippen LogP contribution in [0.15, 0.2) is 76.0 Å². The van der Waals surface area contributed by atoms with E-state index in [0.717, 1.165) is 18.3 Å². The molecule has 0 saturated carbocycles. The molecule has 0 bridgehead atoms. The van der Waals surface area contributed by atoms with Crippen LogP contribution in [0.2, 0.25) is 0 Å². The summed E-state index contributed by atoms with van der Waals surface area (Å²) in [6, 6.07) is 19.6. The molecule has 44 heavy (non-hydrogen) atoms. The maximum atomic E-state index is 14.2. The number of hydrogen-bond donors (Lipinski definition) is 0. The molecule has 0 N–H and O–H groups in total. The Bertz CT molecular complexity index is 1970. The summed E-state index contributed by atoms with van der Waals surface area (Å²) in [5.74, 6) is 1.02. The van der Waals surface area contributed by atoms with Gasteiger partial charge in [-0.25, -0.2) is 9.79 Å². The monoisotopic (exact) mass is 833 g/mol. The van der Waals surface area contributed by atoms with Crippen LogP contribution in [-0.2, 0) is 9.53 Å². The number of esters is 1. The van der Waals surface area contributed by atoms with Crippen LogP contribution in [0.1, 0.15) is 29.7 Å². The van der Waals surface area contributed by atoms with Crippen molar-refractivity contribution < 1.29 is 23.7 Å². The number of benzene rings is 3. The molecule has 224 valence electrons. The molecule has 0 amide bonds. The largest absolute Gasteiger partial charge is 0.493 e. The zero-order chi connectivity index (χ0) is 31.4. The molecule has 0 unspecified atom stereocenters. The van der Waals surface area contributed by atoms with Gasteiger partial charge in [-0.2, -0.15) is 5.26 Å². The highest BCUT2D eigenvalue weighted by molar-refractivity contribution is 14.1. The number of rotatable bonds is 9. The Kier molecular flexibility index (Phi) is 10.1. The van der Waals surface area contributed by atoms with E-state index in [1.807, 2.05) is 48.5 Å². The first-order chi connectivity index (χ1) is 21.3. The molecule has 0 spiro atoms. The summed E-state index contributed by atoms with van der Waals surface area (Å²) in [6.07, 6.45) is 1.80. The molecule has 1 aliphatic heterocycles. The SMILES string of the molecule is CCOC(=O)C1=C(c2ccccc2)N=c2s/c(=C\c3cc(I)c(OCC#N)c(I)c3)c(=O)n2[C@H]1c1ccc(OC)c(OC)c1. The van der Waals surface area contributed by atoms with Gasteiger partial charge in [0, 0.05) is 5.56 Å². The number of hydrogen-bond acceptors (Lipinski definition) is 9. The number of ether oxygens (including phenoxy) is 4. The van der Waals surface area contributed by atoms with Crippen molar-refractivity contribution in [3.8, 4) is 23.3 Å². The van der Waals surface area contributed by atoms with E-state index in [-0.39, 0.29) is 24.3 Å². The maximum Gasteiger partial charge on any atom is 0.338 e. The molecule has 0 radical (unpaired) electrons. The van der Waals surface area contributed by atoms with E-state index in [0.29, 0.717) is 37.8 Å². The summed E-state index contributed by atoms with van der Waals surface area (Å²) in [5.41, 5.74) is 2.49. The van der Waals surface area contributed by atoms with Crippen molar-refractivity contribution in [1.29, 1.82) is 5.26 Å². The lowest BCUT2D eigenvalue weighted by Crippen LogP contribution is -2.40. The molecule has 5 rings (SSSR count). The van der Waals surface area contributed by atoms with Crippen molar-refractivity contribution in [3.63, 3.8) is 0 Å². The van der Waals surface area contributed by atoms with E-state index in [9.17, 15) is 9.59 Å². The van der Waals surface area contributed by atoms with E-state index in [4.69, 9.17) is 29.2 Å². The Morgan fingerprint density at radius 2 is 1.77 bits per heavy atom. The number of carbonyl (C=O) groups is 1. The molecule has 12 heteroatoms. The number of nitriles is 1. The molecule has 1 atom stereocenters. The fourth-order valence-corrected chi connectivity index (χ4v) is 7.96. The van der Waals surface area contributed by atoms with Crippen LogP contribution < -0.4 is 29.1 Å². The molecular formula is C32H25I2N3O6S. The third-order valence-corrected chi connectivity index (χ3v) is 9.28. The summed E-state index contributed by atoms with van der Waals surface area (Å²) in [6.45, 7) is 1.83. The zero-order valence-electron chi connectivity index (χ0n) is 23.8. The van der Waals surface area contributed by atoms with Crippen molar-refractivity contribution in [3.05, 3.63) is 110 Å². The Hall–Kier alpha value is -3.68. The number of fused-ring (bicyclic) bond motifs is 1. The van der Waals surface area contributed by atoms with E-state index in [1.54, 1.807) is 38.3 Å². The maximum absolute atomic E-state index is 14.2. The average Bonchev–Trinajstić information content (AvgIpc) is 3.34. The second kappa shape index (κ2) is 14.0. The van der Waals surface area contributed by atoms with Crippen molar-refractivity contribution in [1.82, 2.24) is 4.57 Å². The van der Waals surface area contributed by atoms with Crippen molar-refractivity contribution >= 4 is 74.3 Å². The van der Waals surface area contributed by atoms with Crippen LogP contribution in [0.25, 0.3) is 11.8 Å². The molecule has 0 saturated heterocycles. The molecule has 0 aliphatic carbocycles. The Labute approximate surface area is 284 Å². The summed E-state index contributed by atoms with van der Waals surface area (Å²) in [4.78, 5) is 33.2. The van der Waals surface area contributed by atoms with Crippen molar-refractivity contribution in [2.75, 3.05) is 27.4 Å². The lowest BCUT2D eigenvalue weighted by atomic mass is 9.93. The molecule has 3 aromatic carbocycles. The molecule has 9 nitrogen and oxygen atoms in total. The summed E-state index contributed by atoms with van der Waals surface area (Å²) in [5, 5.41) is 8.93. The number of carbonyl (C=O) groups excluding carboxylic acids is 1. The van der Waals surface area contributed by atoms with E-state index in [2.05, 4.69) is 45.2 Å². The number of nitrogens with zero attached hydrogens (tertiary/aromatic N) is 3. The molecule has 1 aromatic heterocycles. The third-order valence-electron chi connectivity index (χ3n) is 6.70. The predicted octanol–water partition coefficient (Wildman–Crippen LogP) is 5.06. The number of methoxy groups -OCH3 is 2. The first-order valence-corrected chi connectivity index (χ1v) is 16.3. The lowest BCUT2D eigenvalue weighted by Gasteiger charge is -2.26. The summed E-state index contributed by atoms with van der Waals surface area (Å²) < 4.78 is 25.7. The normalized spacial score (nSPS) is 14.4. The van der Waals surface area contributed by atoms with E-state index in [1.165, 1.54) is 23.0 Å². The average molecular weight is 833 g/mol. The molecule has 4 aromatic rings. The molecule has 2 heterocycles. The minimum atomic E-state index is -0.857. The summed E-state index contributed by atoms with van der Waals surface area (Å²) in [7, 11) is 3.08. The van der Waals surface area contributed by atoms with E-state index < -0.39 is 12.0 Å². The van der Waals surface area contributed by atoms with Crippen LogP contribution in [0.3, 0.4) is 0 Å². The zero-order valence-corrected chi connectivity index (χ0v) is 28.9. The fraction of sp³-hybridized carbons (Fsp3) is 0.188. The predicted molar refractivity (Wildman–Crippen MR) is 184 cm³/mol. The quantitative estimate of drug-likeness (QED) is 0.171. The van der Waals surface area contributed by atoms with Gasteiger partial charge in [-0.05, 0) is 93.6 Å². The van der Waals surface area contributed by atoms with Gasteiger partial charge in [0.1, 0.15) is 11.8 Å². The first-order valence-electron chi connectivity index (χ1n) is 13.3. The Morgan fingerprint density at radius 3 is 2.41 bits per heavy atom. The van der Waals surface area contributed by atoms with Gasteiger partial charge in [0.15, 0.2) is 22.9 Å². The van der Waals surface area contributed by atoms with Gasteiger partial charge in [-0.15, -0.1) is 0 Å². The van der Waals surface area contributed by atoms with Crippen LogP contribution in [-0.4, -0.2) is 38.0 Å². The first kappa shape index (κ1) is 31.7. The minimum absolute atomic E-state index is 0.0629. The van der Waals surface area contributed by atoms with Gasteiger partial charge in [0.25, 0.3) is 5.56 Å².